The molecule has 8 heavy (non-hydrogen) atoms. The van der Waals surface area contributed by atoms with Gasteiger partial charge in [-0.25, -0.2) is 0 Å². The molecule has 2 heteroatoms. The summed E-state index contributed by atoms with van der Waals surface area (Å²) < 4.78 is 0. The highest BCUT2D eigenvalue weighted by Gasteiger charge is 2.60. The van der Waals surface area contributed by atoms with Crippen LogP contribution in [0.2, 0.25) is 0 Å². The van der Waals surface area contributed by atoms with E-state index < -0.39 is 0 Å². The summed E-state index contributed by atoms with van der Waals surface area (Å²) >= 11 is 5.32. The van der Waals surface area contributed by atoms with Gasteiger partial charge in [0.05, 0.1) is 0 Å². The van der Waals surface area contributed by atoms with E-state index in [9.17, 15) is 4.79 Å². The first-order chi connectivity index (χ1) is 3.73. The van der Waals surface area contributed by atoms with E-state index in [1.54, 1.807) is 0 Å². The van der Waals surface area contributed by atoms with E-state index in [0.29, 0.717) is 0 Å². The molecular weight excluding hydrogens is 124 g/mol. The zero-order valence-corrected chi connectivity index (χ0v) is 5.24. The highest BCUT2D eigenvalue weighted by Crippen LogP contribution is 2.65. The van der Waals surface area contributed by atoms with Crippen molar-refractivity contribution >= 4 is 16.8 Å². The Balaban J connectivity index is 2.15. The molecule has 0 saturated heterocycles. The minimum atomic E-state index is -0.0972. The maximum absolute atomic E-state index is 10.6. The van der Waals surface area contributed by atoms with Crippen LogP contribution in [0, 0.1) is 11.3 Å². The van der Waals surface area contributed by atoms with Crippen LogP contribution in [0.4, 0.5) is 0 Å². The van der Waals surface area contributed by atoms with Gasteiger partial charge in [0.1, 0.15) is 0 Å². The minimum absolute atomic E-state index is 0.00772. The molecule has 0 aromatic heterocycles. The molecule has 1 nitrogen and oxygen atoms in total. The molecule has 0 aliphatic heterocycles. The molecule has 3 saturated carbocycles. The van der Waals surface area contributed by atoms with Crippen LogP contribution in [0.25, 0.3) is 0 Å². The van der Waals surface area contributed by atoms with Crippen LogP contribution in [-0.2, 0) is 4.79 Å². The smallest absolute Gasteiger partial charge is 0.227 e. The normalized spacial score (nSPS) is 49.4. The minimum Gasteiger partial charge on any atom is -0.281 e. The Morgan fingerprint density at radius 3 is 2.00 bits per heavy atom. The van der Waals surface area contributed by atoms with Crippen LogP contribution < -0.4 is 0 Å². The summed E-state index contributed by atoms with van der Waals surface area (Å²) in [7, 11) is 0. The van der Waals surface area contributed by atoms with Gasteiger partial charge in [0.25, 0.3) is 0 Å². The van der Waals surface area contributed by atoms with E-state index in [-0.39, 0.29) is 10.7 Å². The van der Waals surface area contributed by atoms with Crippen molar-refractivity contribution in [2.24, 2.45) is 11.3 Å². The first-order valence-corrected chi connectivity index (χ1v) is 3.31. The topological polar surface area (TPSA) is 17.1 Å². The summed E-state index contributed by atoms with van der Waals surface area (Å²) in [5.74, 6) is 0.859. The fraction of sp³-hybridized carbons (Fsp3) is 0.833. The third kappa shape index (κ3) is 0.334. The Hall–Kier alpha value is -0.0400. The molecule has 0 N–H and O–H groups in total. The largest absolute Gasteiger partial charge is 0.281 e. The second-order valence-electron chi connectivity index (χ2n) is 3.03. The molecule has 0 amide bonds. The monoisotopic (exact) mass is 130 g/mol. The van der Waals surface area contributed by atoms with E-state index >= 15 is 0 Å². The van der Waals surface area contributed by atoms with Gasteiger partial charge in [0.15, 0.2) is 0 Å². The lowest BCUT2D eigenvalue weighted by molar-refractivity contribution is -0.152. The molecule has 0 aromatic carbocycles. The van der Waals surface area contributed by atoms with Crippen LogP contribution in [-0.4, -0.2) is 5.24 Å². The molecule has 0 unspecified atom stereocenters. The highest BCUT2D eigenvalue weighted by molar-refractivity contribution is 6.65. The lowest BCUT2D eigenvalue weighted by Crippen LogP contribution is -2.55. The third-order valence-corrected chi connectivity index (χ3v) is 2.86. The second kappa shape index (κ2) is 1.10. The molecule has 0 radical (unpaired) electrons. The maximum atomic E-state index is 10.6. The number of halogens is 1. The summed E-state index contributed by atoms with van der Waals surface area (Å²) in [4.78, 5) is 10.6. The van der Waals surface area contributed by atoms with Gasteiger partial charge in [-0.3, -0.25) is 4.79 Å². The third-order valence-electron chi connectivity index (χ3n) is 2.46. The van der Waals surface area contributed by atoms with Gasteiger partial charge in [-0.05, 0) is 36.8 Å². The summed E-state index contributed by atoms with van der Waals surface area (Å²) in [6, 6.07) is 0. The van der Waals surface area contributed by atoms with Gasteiger partial charge in [-0.15, -0.1) is 0 Å². The first kappa shape index (κ1) is 4.80. The molecule has 0 aromatic rings. The van der Waals surface area contributed by atoms with E-state index in [1.165, 1.54) is 0 Å². The van der Waals surface area contributed by atoms with Crippen molar-refractivity contribution in [3.05, 3.63) is 0 Å². The number of carbonyl (C=O) groups excluding carboxylic acids is 1. The van der Waals surface area contributed by atoms with Crippen molar-refractivity contribution in [1.82, 2.24) is 0 Å². The van der Waals surface area contributed by atoms with E-state index in [4.69, 9.17) is 11.6 Å². The van der Waals surface area contributed by atoms with E-state index in [2.05, 4.69) is 0 Å². The average molecular weight is 131 g/mol. The van der Waals surface area contributed by atoms with Gasteiger partial charge in [0.2, 0.25) is 5.24 Å². The fourth-order valence-corrected chi connectivity index (χ4v) is 1.95. The first-order valence-electron chi connectivity index (χ1n) is 2.93. The summed E-state index contributed by atoms with van der Waals surface area (Å²) in [6.07, 6.45) is 3.24. The van der Waals surface area contributed by atoms with Crippen molar-refractivity contribution in [2.75, 3.05) is 0 Å². The summed E-state index contributed by atoms with van der Waals surface area (Å²) in [5.41, 5.74) is -0.00772. The predicted molar refractivity (Wildman–Crippen MR) is 30.6 cm³/mol. The summed E-state index contributed by atoms with van der Waals surface area (Å²) in [6.45, 7) is 0. The van der Waals surface area contributed by atoms with E-state index in [1.807, 2.05) is 0 Å². The van der Waals surface area contributed by atoms with Crippen LogP contribution in [0.3, 0.4) is 0 Å². The molecule has 3 aliphatic rings. The molecule has 0 atom stereocenters. The van der Waals surface area contributed by atoms with Gasteiger partial charge >= 0.3 is 0 Å². The molecule has 2 bridgehead atoms. The van der Waals surface area contributed by atoms with Gasteiger partial charge in [-0.1, -0.05) is 0 Å². The number of rotatable bonds is 1. The Labute approximate surface area is 53.0 Å². The lowest BCUT2D eigenvalue weighted by atomic mass is 9.45. The second-order valence-corrected chi connectivity index (χ2v) is 3.38. The number of carbonyl (C=O) groups is 1. The van der Waals surface area contributed by atoms with Crippen molar-refractivity contribution in [1.29, 1.82) is 0 Å². The zero-order valence-electron chi connectivity index (χ0n) is 4.48. The van der Waals surface area contributed by atoms with Crippen molar-refractivity contribution < 1.29 is 4.79 Å². The molecule has 3 aliphatic carbocycles. The standard InChI is InChI=1S/C6H7ClO/c7-5(8)6-1-4(2-6)3-6/h4H,1-3H2. The fourth-order valence-electron chi connectivity index (χ4n) is 1.72. The lowest BCUT2D eigenvalue weighted by Gasteiger charge is -2.59. The number of hydrogen-bond acceptors (Lipinski definition) is 1. The Bertz CT molecular complexity index is 136. The molecule has 0 spiro atoms. The van der Waals surface area contributed by atoms with Crippen molar-refractivity contribution in [3.8, 4) is 0 Å². The van der Waals surface area contributed by atoms with E-state index in [0.717, 1.165) is 25.2 Å². The molecular formula is C6H7ClO. The quantitative estimate of drug-likeness (QED) is 0.493. The SMILES string of the molecule is O=C(Cl)C12CC(C1)C2. The summed E-state index contributed by atoms with van der Waals surface area (Å²) in [5, 5.41) is -0.0972. The predicted octanol–water partition coefficient (Wildman–Crippen LogP) is 1.55. The van der Waals surface area contributed by atoms with Crippen LogP contribution in [0.5, 0.6) is 0 Å². The van der Waals surface area contributed by atoms with Crippen molar-refractivity contribution in [3.63, 3.8) is 0 Å². The van der Waals surface area contributed by atoms with Gasteiger partial charge in [-0.2, -0.15) is 0 Å². The number of hydrogen-bond donors (Lipinski definition) is 0. The average Bonchev–Trinajstić information content (AvgIpc) is 1.16. The van der Waals surface area contributed by atoms with Crippen LogP contribution in [0.1, 0.15) is 19.3 Å². The molecule has 44 valence electrons. The molecule has 3 fully saturated rings. The van der Waals surface area contributed by atoms with Gasteiger partial charge < -0.3 is 0 Å². The van der Waals surface area contributed by atoms with Crippen LogP contribution >= 0.6 is 11.6 Å². The Morgan fingerprint density at radius 2 is 2.00 bits per heavy atom. The highest BCUT2D eigenvalue weighted by atomic mass is 35.5. The Kier molecular flexibility index (Phi) is 0.663. The Morgan fingerprint density at radius 1 is 1.50 bits per heavy atom. The molecule has 0 heterocycles. The van der Waals surface area contributed by atoms with Crippen molar-refractivity contribution in [2.45, 2.75) is 19.3 Å². The maximum Gasteiger partial charge on any atom is 0.227 e. The van der Waals surface area contributed by atoms with Crippen LogP contribution in [0.15, 0.2) is 0 Å². The van der Waals surface area contributed by atoms with Gasteiger partial charge in [0, 0.05) is 5.41 Å². The molecule has 3 rings (SSSR count). The zero-order chi connectivity index (χ0) is 5.78.